The highest BCUT2D eigenvalue weighted by molar-refractivity contribution is 5.44. The fourth-order valence-corrected chi connectivity index (χ4v) is 1.78. The van der Waals surface area contributed by atoms with Crippen LogP contribution in [0.5, 0.6) is 0 Å². The van der Waals surface area contributed by atoms with Crippen LogP contribution >= 0.6 is 0 Å². The highest BCUT2D eigenvalue weighted by Crippen LogP contribution is 2.17. The lowest BCUT2D eigenvalue weighted by Crippen LogP contribution is -2.28. The number of nitrogens with zero attached hydrogens (tertiary/aromatic N) is 2. The van der Waals surface area contributed by atoms with Gasteiger partial charge in [-0.2, -0.15) is 0 Å². The summed E-state index contributed by atoms with van der Waals surface area (Å²) in [7, 11) is 0. The summed E-state index contributed by atoms with van der Waals surface area (Å²) in [5, 5.41) is 0. The smallest absolute Gasteiger partial charge is 0.0569 e. The van der Waals surface area contributed by atoms with Crippen LogP contribution in [0, 0.1) is 5.92 Å². The topological polar surface area (TPSA) is 42.1 Å². The molecular formula is C14H25N3. The Labute approximate surface area is 105 Å². The van der Waals surface area contributed by atoms with Gasteiger partial charge in [-0.15, -0.1) is 0 Å². The summed E-state index contributed by atoms with van der Waals surface area (Å²) in [6, 6.07) is 4.16. The first kappa shape index (κ1) is 14.0. The molecule has 0 aliphatic rings. The summed E-state index contributed by atoms with van der Waals surface area (Å²) >= 11 is 0. The second-order valence-corrected chi connectivity index (χ2v) is 4.78. The SMILES string of the molecule is CCC(C)CN(CC)c1ccc([C@H](C)N)nc1. The van der Waals surface area contributed by atoms with Gasteiger partial charge in [0.15, 0.2) is 0 Å². The summed E-state index contributed by atoms with van der Waals surface area (Å²) in [6.07, 6.45) is 3.15. The summed E-state index contributed by atoms with van der Waals surface area (Å²) in [5.41, 5.74) is 7.94. The van der Waals surface area contributed by atoms with Crippen LogP contribution in [0.15, 0.2) is 18.3 Å². The van der Waals surface area contributed by atoms with E-state index in [9.17, 15) is 0 Å². The molecule has 1 aromatic heterocycles. The normalized spacial score (nSPS) is 14.4. The monoisotopic (exact) mass is 235 g/mol. The van der Waals surface area contributed by atoms with Crippen LogP contribution in [0.25, 0.3) is 0 Å². The fraction of sp³-hybridized carbons (Fsp3) is 0.643. The average Bonchev–Trinajstić information content (AvgIpc) is 2.35. The van der Waals surface area contributed by atoms with E-state index in [0.29, 0.717) is 5.92 Å². The van der Waals surface area contributed by atoms with Gasteiger partial charge in [0.25, 0.3) is 0 Å². The number of hydrogen-bond donors (Lipinski definition) is 1. The van der Waals surface area contributed by atoms with Gasteiger partial charge >= 0.3 is 0 Å². The maximum atomic E-state index is 5.80. The molecule has 0 radical (unpaired) electrons. The quantitative estimate of drug-likeness (QED) is 0.824. The molecule has 3 nitrogen and oxygen atoms in total. The van der Waals surface area contributed by atoms with Gasteiger partial charge in [-0.3, -0.25) is 4.98 Å². The lowest BCUT2D eigenvalue weighted by atomic mass is 10.1. The third-order valence-corrected chi connectivity index (χ3v) is 3.21. The molecule has 0 saturated heterocycles. The molecule has 0 amide bonds. The molecule has 96 valence electrons. The molecule has 2 N–H and O–H groups in total. The molecule has 0 saturated carbocycles. The van der Waals surface area contributed by atoms with E-state index in [4.69, 9.17) is 5.73 Å². The van der Waals surface area contributed by atoms with E-state index < -0.39 is 0 Å². The number of pyridine rings is 1. The molecule has 0 aromatic carbocycles. The first-order valence-electron chi connectivity index (χ1n) is 6.54. The zero-order valence-corrected chi connectivity index (χ0v) is 11.5. The lowest BCUT2D eigenvalue weighted by Gasteiger charge is -2.26. The predicted molar refractivity (Wildman–Crippen MR) is 74.2 cm³/mol. The van der Waals surface area contributed by atoms with Crippen molar-refractivity contribution in [3.05, 3.63) is 24.0 Å². The summed E-state index contributed by atoms with van der Waals surface area (Å²) < 4.78 is 0. The van der Waals surface area contributed by atoms with Crippen molar-refractivity contribution in [2.75, 3.05) is 18.0 Å². The van der Waals surface area contributed by atoms with Gasteiger partial charge in [-0.05, 0) is 31.9 Å². The van der Waals surface area contributed by atoms with Crippen molar-refractivity contribution in [3.63, 3.8) is 0 Å². The number of aromatic nitrogens is 1. The molecule has 1 rings (SSSR count). The average molecular weight is 235 g/mol. The molecule has 0 aliphatic carbocycles. The fourth-order valence-electron chi connectivity index (χ4n) is 1.78. The Morgan fingerprint density at radius 1 is 1.29 bits per heavy atom. The van der Waals surface area contributed by atoms with Crippen LogP contribution < -0.4 is 10.6 Å². The Balaban J connectivity index is 2.75. The molecule has 1 heterocycles. The van der Waals surface area contributed by atoms with Crippen LogP contribution in [0.4, 0.5) is 5.69 Å². The maximum absolute atomic E-state index is 5.80. The predicted octanol–water partition coefficient (Wildman–Crippen LogP) is 2.97. The molecule has 3 heteroatoms. The minimum Gasteiger partial charge on any atom is -0.370 e. The highest BCUT2D eigenvalue weighted by Gasteiger charge is 2.09. The molecule has 0 fully saturated rings. The standard InChI is InChI=1S/C14H25N3/c1-5-11(3)10-17(6-2)13-7-8-14(12(4)15)16-9-13/h7-9,11-12H,5-6,10,15H2,1-4H3/t11?,12-/m0/s1. The number of rotatable bonds is 6. The van der Waals surface area contributed by atoms with Crippen molar-refractivity contribution in [1.82, 2.24) is 4.98 Å². The van der Waals surface area contributed by atoms with Gasteiger partial charge in [0.05, 0.1) is 17.6 Å². The van der Waals surface area contributed by atoms with Crippen LogP contribution in [0.2, 0.25) is 0 Å². The van der Waals surface area contributed by atoms with Gasteiger partial charge in [0, 0.05) is 19.1 Å². The van der Waals surface area contributed by atoms with E-state index in [0.717, 1.165) is 18.8 Å². The van der Waals surface area contributed by atoms with Crippen LogP contribution in [0.1, 0.15) is 45.9 Å². The minimum atomic E-state index is 0.00805. The lowest BCUT2D eigenvalue weighted by molar-refractivity contribution is 0.547. The molecule has 1 aromatic rings. The van der Waals surface area contributed by atoms with Crippen molar-refractivity contribution in [1.29, 1.82) is 0 Å². The maximum Gasteiger partial charge on any atom is 0.0569 e. The van der Waals surface area contributed by atoms with Gasteiger partial charge < -0.3 is 10.6 Å². The number of anilines is 1. The van der Waals surface area contributed by atoms with Crippen LogP contribution in [-0.4, -0.2) is 18.1 Å². The van der Waals surface area contributed by atoms with Crippen molar-refractivity contribution >= 4 is 5.69 Å². The third kappa shape index (κ3) is 4.00. The van der Waals surface area contributed by atoms with Gasteiger partial charge in [-0.25, -0.2) is 0 Å². The minimum absolute atomic E-state index is 0.00805. The molecular weight excluding hydrogens is 210 g/mol. The Bertz CT molecular complexity index is 319. The molecule has 0 spiro atoms. The Morgan fingerprint density at radius 3 is 2.41 bits per heavy atom. The molecule has 2 atom stereocenters. The Morgan fingerprint density at radius 2 is 2.00 bits per heavy atom. The van der Waals surface area contributed by atoms with Gasteiger partial charge in [0.2, 0.25) is 0 Å². The van der Waals surface area contributed by atoms with E-state index in [2.05, 4.69) is 36.7 Å². The van der Waals surface area contributed by atoms with Crippen LogP contribution in [0.3, 0.4) is 0 Å². The highest BCUT2D eigenvalue weighted by atomic mass is 15.1. The number of nitrogens with two attached hydrogens (primary N) is 1. The third-order valence-electron chi connectivity index (χ3n) is 3.21. The van der Waals surface area contributed by atoms with E-state index >= 15 is 0 Å². The second kappa shape index (κ2) is 6.60. The summed E-state index contributed by atoms with van der Waals surface area (Å²) in [4.78, 5) is 6.78. The van der Waals surface area contributed by atoms with Gasteiger partial charge in [0.1, 0.15) is 0 Å². The van der Waals surface area contributed by atoms with E-state index in [1.165, 1.54) is 12.1 Å². The number of hydrogen-bond acceptors (Lipinski definition) is 3. The Hall–Kier alpha value is -1.09. The Kier molecular flexibility index (Phi) is 5.42. The van der Waals surface area contributed by atoms with Crippen molar-refractivity contribution in [2.24, 2.45) is 11.7 Å². The van der Waals surface area contributed by atoms with E-state index in [-0.39, 0.29) is 6.04 Å². The van der Waals surface area contributed by atoms with Crippen molar-refractivity contribution in [2.45, 2.75) is 40.2 Å². The van der Waals surface area contributed by atoms with Gasteiger partial charge in [-0.1, -0.05) is 20.3 Å². The molecule has 0 aliphatic heterocycles. The first-order valence-corrected chi connectivity index (χ1v) is 6.54. The first-order chi connectivity index (χ1) is 8.08. The molecule has 0 bridgehead atoms. The van der Waals surface area contributed by atoms with E-state index in [1.54, 1.807) is 0 Å². The summed E-state index contributed by atoms with van der Waals surface area (Å²) in [5.74, 6) is 0.711. The van der Waals surface area contributed by atoms with Crippen molar-refractivity contribution in [3.8, 4) is 0 Å². The molecule has 17 heavy (non-hydrogen) atoms. The zero-order valence-electron chi connectivity index (χ0n) is 11.5. The van der Waals surface area contributed by atoms with Crippen molar-refractivity contribution < 1.29 is 0 Å². The summed E-state index contributed by atoms with van der Waals surface area (Å²) in [6.45, 7) is 10.8. The second-order valence-electron chi connectivity index (χ2n) is 4.78. The zero-order chi connectivity index (χ0) is 12.8. The van der Waals surface area contributed by atoms with E-state index in [1.807, 2.05) is 19.2 Å². The van der Waals surface area contributed by atoms with Crippen LogP contribution in [-0.2, 0) is 0 Å². The largest absolute Gasteiger partial charge is 0.370 e. The molecule has 1 unspecified atom stereocenters.